The molecule has 5 fully saturated rings. The number of aliphatic hydroxyl groups is 9. The van der Waals surface area contributed by atoms with E-state index in [0.717, 1.165) is 18.4 Å². The van der Waals surface area contributed by atoms with Crippen LogP contribution in [0.5, 0.6) is 0 Å². The Balaban J connectivity index is 1.13. The molecule has 0 unspecified atom stereocenters. The van der Waals surface area contributed by atoms with E-state index in [1.165, 1.54) is 7.11 Å². The Labute approximate surface area is 325 Å². The van der Waals surface area contributed by atoms with Crippen LogP contribution in [-0.2, 0) is 23.7 Å². The highest BCUT2D eigenvalue weighted by Crippen LogP contribution is 2.69. The highest BCUT2D eigenvalue weighted by Gasteiger charge is 2.72. The second kappa shape index (κ2) is 16.7. The van der Waals surface area contributed by atoms with Crippen LogP contribution in [0.25, 0.3) is 0 Å². The number of hydrogen-bond acceptors (Lipinski definition) is 14. The number of fused-ring (bicyclic) bond motifs is 5. The number of rotatable bonds is 12. The van der Waals surface area contributed by atoms with E-state index < -0.39 is 96.0 Å². The molecule has 6 aliphatic rings. The fourth-order valence-electron chi connectivity index (χ4n) is 12.6. The third kappa shape index (κ3) is 7.74. The lowest BCUT2D eigenvalue weighted by molar-refractivity contribution is -0.285. The van der Waals surface area contributed by atoms with E-state index in [1.807, 2.05) is 6.08 Å². The van der Waals surface area contributed by atoms with Gasteiger partial charge in [0.25, 0.3) is 0 Å². The third-order valence-electron chi connectivity index (χ3n) is 15.4. The van der Waals surface area contributed by atoms with Crippen molar-refractivity contribution in [1.29, 1.82) is 0 Å². The number of hydrogen-bond donors (Lipinski definition) is 9. The van der Waals surface area contributed by atoms with Gasteiger partial charge in [0.15, 0.2) is 12.6 Å². The lowest BCUT2D eigenvalue weighted by Crippen LogP contribution is -2.66. The Hall–Kier alpha value is -0.820. The maximum Gasteiger partial charge on any atom is 0.187 e. The zero-order valence-corrected chi connectivity index (χ0v) is 33.7. The first-order chi connectivity index (χ1) is 25.8. The lowest BCUT2D eigenvalue weighted by Gasteiger charge is -2.64. The summed E-state index contributed by atoms with van der Waals surface area (Å²) >= 11 is 0. The van der Waals surface area contributed by atoms with Gasteiger partial charge in [0.05, 0.1) is 49.8 Å². The van der Waals surface area contributed by atoms with Crippen LogP contribution in [0, 0.1) is 52.3 Å². The van der Waals surface area contributed by atoms with E-state index in [-0.39, 0.29) is 49.2 Å². The Morgan fingerprint density at radius 3 is 2.11 bits per heavy atom. The smallest absolute Gasteiger partial charge is 0.187 e. The fourth-order valence-corrected chi connectivity index (χ4v) is 12.6. The Kier molecular flexibility index (Phi) is 13.3. The number of aliphatic hydroxyl groups excluding tert-OH is 8. The van der Waals surface area contributed by atoms with Crippen molar-refractivity contribution in [1.82, 2.24) is 0 Å². The molecule has 0 spiro atoms. The second-order valence-electron chi connectivity index (χ2n) is 19.0. The highest BCUT2D eigenvalue weighted by molar-refractivity contribution is 5.33. The Morgan fingerprint density at radius 1 is 0.800 bits per heavy atom. The van der Waals surface area contributed by atoms with Crippen LogP contribution in [0.2, 0.25) is 0 Å². The maximum atomic E-state index is 12.9. The summed E-state index contributed by atoms with van der Waals surface area (Å²) in [5, 5.41) is 99.1. The number of ether oxygens (including phenoxy) is 5. The van der Waals surface area contributed by atoms with Gasteiger partial charge in [0, 0.05) is 19.4 Å². The molecule has 55 heavy (non-hydrogen) atoms. The molecule has 0 bridgehead atoms. The second-order valence-corrected chi connectivity index (χ2v) is 19.0. The molecule has 0 aromatic rings. The summed E-state index contributed by atoms with van der Waals surface area (Å²) in [6, 6.07) is 0. The molecule has 14 heteroatoms. The van der Waals surface area contributed by atoms with E-state index in [0.29, 0.717) is 38.2 Å². The van der Waals surface area contributed by atoms with E-state index in [4.69, 9.17) is 23.7 Å². The van der Waals surface area contributed by atoms with E-state index in [9.17, 15) is 46.0 Å². The predicted molar refractivity (Wildman–Crippen MR) is 198 cm³/mol. The predicted octanol–water partition coefficient (Wildman–Crippen LogP) is 0.851. The molecule has 21 atom stereocenters. The molecule has 0 radical (unpaired) electrons. The summed E-state index contributed by atoms with van der Waals surface area (Å²) < 4.78 is 28.7. The molecule has 2 aliphatic heterocycles. The summed E-state index contributed by atoms with van der Waals surface area (Å²) in [5.41, 5.74) is -1.79. The fraction of sp³-hybridized carbons (Fsp3) is 0.951. The van der Waals surface area contributed by atoms with Crippen molar-refractivity contribution in [2.24, 2.45) is 52.3 Å². The van der Waals surface area contributed by atoms with Gasteiger partial charge in [0.1, 0.15) is 36.6 Å². The van der Waals surface area contributed by atoms with E-state index in [1.54, 1.807) is 0 Å². The van der Waals surface area contributed by atoms with Gasteiger partial charge in [-0.2, -0.15) is 0 Å². The van der Waals surface area contributed by atoms with Gasteiger partial charge in [-0.1, -0.05) is 54.0 Å². The standard InChI is InChI=1S/C41H70O14/c1-19(2)23(21(4)16-52-37-34(49)30(45)26(43)17-53-37)9-8-20(3)29-32(47)33(48)36-40(29,6)13-11-28-39(5)12-10-22(14-24(39)25(42)15-41(28,36)50)55-38-35(51-7)31(46)27(44)18-54-38/h14,19-23,25-38,42-50H,8-13,15-18H2,1-7H3/t20-,21-,22+,23+,25-,26-,27-,28-,29+,30+,31+,32-,33+,34-,35-,36-,37-,38+,39+,40-,41+/m1/s1. The first-order valence-corrected chi connectivity index (χ1v) is 20.7. The summed E-state index contributed by atoms with van der Waals surface area (Å²) in [7, 11) is 1.42. The van der Waals surface area contributed by atoms with Crippen molar-refractivity contribution in [3.63, 3.8) is 0 Å². The topological polar surface area (TPSA) is 228 Å². The molecular weight excluding hydrogens is 716 g/mol. The number of methoxy groups -OCH3 is 1. The monoisotopic (exact) mass is 786 g/mol. The van der Waals surface area contributed by atoms with Crippen molar-refractivity contribution < 1.29 is 69.6 Å². The molecule has 0 aromatic heterocycles. The molecule has 318 valence electrons. The summed E-state index contributed by atoms with van der Waals surface area (Å²) in [4.78, 5) is 0. The van der Waals surface area contributed by atoms with Crippen molar-refractivity contribution in [3.05, 3.63) is 11.6 Å². The van der Waals surface area contributed by atoms with Crippen LogP contribution in [0.1, 0.15) is 86.5 Å². The minimum Gasteiger partial charge on any atom is -0.390 e. The normalized spacial score (nSPS) is 50.4. The quantitative estimate of drug-likeness (QED) is 0.125. The van der Waals surface area contributed by atoms with Crippen LogP contribution < -0.4 is 0 Å². The molecule has 0 amide bonds. The molecule has 2 heterocycles. The average Bonchev–Trinajstić information content (AvgIpc) is 3.33. The van der Waals surface area contributed by atoms with Gasteiger partial charge in [-0.3, -0.25) is 0 Å². The van der Waals surface area contributed by atoms with Crippen LogP contribution in [-0.4, -0.2) is 152 Å². The molecule has 6 rings (SSSR count). The van der Waals surface area contributed by atoms with Crippen molar-refractivity contribution in [2.45, 2.75) is 166 Å². The van der Waals surface area contributed by atoms with Crippen LogP contribution in [0.4, 0.5) is 0 Å². The highest BCUT2D eigenvalue weighted by atomic mass is 16.7. The molecule has 4 aliphatic carbocycles. The minimum atomic E-state index is -1.42. The van der Waals surface area contributed by atoms with E-state index in [2.05, 4.69) is 41.5 Å². The zero-order valence-electron chi connectivity index (χ0n) is 33.7. The van der Waals surface area contributed by atoms with Gasteiger partial charge in [-0.15, -0.1) is 0 Å². The third-order valence-corrected chi connectivity index (χ3v) is 15.4. The molecule has 14 nitrogen and oxygen atoms in total. The summed E-state index contributed by atoms with van der Waals surface area (Å²) in [5.74, 6) is -0.561. The van der Waals surface area contributed by atoms with Crippen molar-refractivity contribution >= 4 is 0 Å². The van der Waals surface area contributed by atoms with Crippen LogP contribution >= 0.6 is 0 Å². The van der Waals surface area contributed by atoms with E-state index >= 15 is 0 Å². The molecule has 9 N–H and O–H groups in total. The van der Waals surface area contributed by atoms with Gasteiger partial charge < -0.3 is 69.6 Å². The molecule has 0 aromatic carbocycles. The maximum absolute atomic E-state index is 12.9. The van der Waals surface area contributed by atoms with Crippen LogP contribution in [0.3, 0.4) is 0 Å². The Bertz CT molecular complexity index is 1330. The van der Waals surface area contributed by atoms with Crippen LogP contribution in [0.15, 0.2) is 11.6 Å². The molecular formula is C41H70O14. The first kappa shape index (κ1) is 43.8. The van der Waals surface area contributed by atoms with Crippen molar-refractivity contribution in [3.8, 4) is 0 Å². The molecule has 2 saturated heterocycles. The minimum absolute atomic E-state index is 0.0130. The van der Waals surface area contributed by atoms with Crippen molar-refractivity contribution in [2.75, 3.05) is 26.9 Å². The largest absolute Gasteiger partial charge is 0.390 e. The summed E-state index contributed by atoms with van der Waals surface area (Å²) in [6.45, 7) is 12.8. The SMILES string of the molecule is CO[C@H]1[C@H](O[C@@H]2C=C3[C@H](O)C[C@@]4(O)[C@@H]5[C@@H](O)[C@H](O)[C@H]([C@H](C)CC[C@@H](C(C)C)[C@H](C)CO[C@@H]6OC[C@@H](O)[C@H](O)[C@H]6O)[C@@]5(C)CC[C@@H]4[C@@]3(C)CC2)OC[C@@H](O)[C@@H]1O. The van der Waals surface area contributed by atoms with Gasteiger partial charge in [0.2, 0.25) is 0 Å². The Morgan fingerprint density at radius 2 is 1.45 bits per heavy atom. The van der Waals surface area contributed by atoms with Gasteiger partial charge >= 0.3 is 0 Å². The molecule has 3 saturated carbocycles. The lowest BCUT2D eigenvalue weighted by atomic mass is 9.43. The average molecular weight is 787 g/mol. The first-order valence-electron chi connectivity index (χ1n) is 20.7. The van der Waals surface area contributed by atoms with Gasteiger partial charge in [-0.25, -0.2) is 0 Å². The van der Waals surface area contributed by atoms with Gasteiger partial charge in [-0.05, 0) is 84.0 Å². The summed E-state index contributed by atoms with van der Waals surface area (Å²) in [6.07, 6.45) is -6.42. The zero-order chi connectivity index (χ0) is 40.4.